The highest BCUT2D eigenvalue weighted by atomic mass is 35.5. The van der Waals surface area contributed by atoms with Crippen molar-refractivity contribution in [3.05, 3.63) is 0 Å². The molecule has 6 heteroatoms. The lowest BCUT2D eigenvalue weighted by Crippen LogP contribution is -2.44. The molecule has 1 saturated heterocycles. The predicted molar refractivity (Wildman–Crippen MR) is 71.4 cm³/mol. The van der Waals surface area contributed by atoms with E-state index in [1.165, 1.54) is 0 Å². The Balaban J connectivity index is 1.84. The van der Waals surface area contributed by atoms with Crippen LogP contribution in [0, 0.1) is 5.92 Å². The number of sulfone groups is 1. The van der Waals surface area contributed by atoms with Gasteiger partial charge in [0.05, 0.1) is 5.75 Å². The van der Waals surface area contributed by atoms with Gasteiger partial charge in [0.25, 0.3) is 0 Å². The van der Waals surface area contributed by atoms with Crippen LogP contribution in [0.5, 0.6) is 0 Å². The van der Waals surface area contributed by atoms with Crippen LogP contribution < -0.4 is 5.32 Å². The summed E-state index contributed by atoms with van der Waals surface area (Å²) in [6, 6.07) is 0. The summed E-state index contributed by atoms with van der Waals surface area (Å²) in [5, 5.41) is 2.19. The minimum atomic E-state index is -3.22. The van der Waals surface area contributed by atoms with E-state index in [2.05, 4.69) is 5.32 Å². The monoisotopic (exact) mass is 293 g/mol. The fourth-order valence-electron chi connectivity index (χ4n) is 2.81. The standard InChI is InChI=1S/C12H20ClNO3S/c13-10-5-4-9(7-10)8-14-12(15)11-3-1-2-6-18(11,16)17/h9-11H,1-8H2,(H,14,15). The topological polar surface area (TPSA) is 63.2 Å². The number of halogens is 1. The summed E-state index contributed by atoms with van der Waals surface area (Å²) in [7, 11) is -3.22. The van der Waals surface area contributed by atoms with Crippen molar-refractivity contribution in [2.45, 2.75) is 49.2 Å². The molecule has 3 atom stereocenters. The van der Waals surface area contributed by atoms with Crippen LogP contribution in [0.25, 0.3) is 0 Å². The van der Waals surface area contributed by atoms with E-state index in [4.69, 9.17) is 11.6 Å². The number of amides is 1. The van der Waals surface area contributed by atoms with Gasteiger partial charge in [-0.3, -0.25) is 4.79 Å². The van der Waals surface area contributed by atoms with E-state index in [1.54, 1.807) is 0 Å². The molecule has 1 N–H and O–H groups in total. The minimum absolute atomic E-state index is 0.151. The van der Waals surface area contributed by atoms with Gasteiger partial charge in [0.1, 0.15) is 5.25 Å². The first-order valence-corrected chi connectivity index (χ1v) is 8.77. The SMILES string of the molecule is O=C(NCC1CCC(Cl)C1)C1CCCCS1(=O)=O. The molecule has 4 nitrogen and oxygen atoms in total. The third-order valence-corrected chi connectivity index (χ3v) is 6.48. The Labute approximate surface area is 113 Å². The molecule has 0 radical (unpaired) electrons. The number of hydrogen-bond donors (Lipinski definition) is 1. The van der Waals surface area contributed by atoms with E-state index in [0.717, 1.165) is 25.7 Å². The van der Waals surface area contributed by atoms with Gasteiger partial charge >= 0.3 is 0 Å². The molecule has 1 heterocycles. The molecule has 2 rings (SSSR count). The first-order chi connectivity index (χ1) is 8.49. The van der Waals surface area contributed by atoms with Crippen LogP contribution in [0.15, 0.2) is 0 Å². The molecule has 3 unspecified atom stereocenters. The molecule has 0 spiro atoms. The van der Waals surface area contributed by atoms with Gasteiger partial charge < -0.3 is 5.32 Å². The fraction of sp³-hybridized carbons (Fsp3) is 0.917. The van der Waals surface area contributed by atoms with Crippen LogP contribution in [0.1, 0.15) is 38.5 Å². The number of rotatable bonds is 3. The fourth-order valence-corrected chi connectivity index (χ4v) is 5.01. The summed E-state index contributed by atoms with van der Waals surface area (Å²) in [4.78, 5) is 11.9. The van der Waals surface area contributed by atoms with Crippen molar-refractivity contribution >= 4 is 27.3 Å². The van der Waals surface area contributed by atoms with Crippen molar-refractivity contribution in [3.63, 3.8) is 0 Å². The Morgan fingerprint density at radius 1 is 1.22 bits per heavy atom. The normalized spacial score (nSPS) is 35.3. The lowest BCUT2D eigenvalue weighted by molar-refractivity contribution is -0.121. The molecular formula is C12H20ClNO3S. The van der Waals surface area contributed by atoms with Crippen LogP contribution in [0.2, 0.25) is 0 Å². The number of nitrogens with one attached hydrogen (secondary N) is 1. The second-order valence-corrected chi connectivity index (χ2v) is 8.29. The highest BCUT2D eigenvalue weighted by Gasteiger charge is 2.35. The van der Waals surface area contributed by atoms with Crippen molar-refractivity contribution in [1.29, 1.82) is 0 Å². The lowest BCUT2D eigenvalue weighted by atomic mass is 10.1. The van der Waals surface area contributed by atoms with E-state index in [0.29, 0.717) is 25.3 Å². The number of carbonyl (C=O) groups excluding carboxylic acids is 1. The van der Waals surface area contributed by atoms with Gasteiger partial charge in [-0.15, -0.1) is 11.6 Å². The Morgan fingerprint density at radius 2 is 2.00 bits per heavy atom. The average molecular weight is 294 g/mol. The third-order valence-electron chi connectivity index (χ3n) is 3.91. The van der Waals surface area contributed by atoms with E-state index in [-0.39, 0.29) is 17.0 Å². The molecule has 1 amide bonds. The highest BCUT2D eigenvalue weighted by molar-refractivity contribution is 7.92. The molecule has 2 fully saturated rings. The first-order valence-electron chi connectivity index (χ1n) is 6.62. The number of carbonyl (C=O) groups is 1. The molecule has 18 heavy (non-hydrogen) atoms. The second-order valence-electron chi connectivity index (χ2n) is 5.37. The maximum Gasteiger partial charge on any atom is 0.238 e. The molecule has 0 aromatic heterocycles. The van der Waals surface area contributed by atoms with Crippen LogP contribution >= 0.6 is 11.6 Å². The highest BCUT2D eigenvalue weighted by Crippen LogP contribution is 2.29. The molecule has 0 bridgehead atoms. The zero-order valence-corrected chi connectivity index (χ0v) is 12.0. The van der Waals surface area contributed by atoms with Crippen molar-refractivity contribution in [2.24, 2.45) is 5.92 Å². The third kappa shape index (κ3) is 3.38. The van der Waals surface area contributed by atoms with E-state index >= 15 is 0 Å². The Morgan fingerprint density at radius 3 is 2.61 bits per heavy atom. The molecule has 2 aliphatic rings. The minimum Gasteiger partial charge on any atom is -0.355 e. The molecule has 1 saturated carbocycles. The van der Waals surface area contributed by atoms with Crippen molar-refractivity contribution in [2.75, 3.05) is 12.3 Å². The Kier molecular flexibility index (Phi) is 4.54. The van der Waals surface area contributed by atoms with Gasteiger partial charge in [0, 0.05) is 11.9 Å². The van der Waals surface area contributed by atoms with E-state index in [1.807, 2.05) is 0 Å². The van der Waals surface area contributed by atoms with Gasteiger partial charge in [-0.25, -0.2) is 8.42 Å². The maximum atomic E-state index is 11.9. The average Bonchev–Trinajstić information content (AvgIpc) is 2.71. The Hall–Kier alpha value is -0.290. The summed E-state index contributed by atoms with van der Waals surface area (Å²) in [5.74, 6) is 0.244. The summed E-state index contributed by atoms with van der Waals surface area (Å²) >= 11 is 6.01. The zero-order valence-electron chi connectivity index (χ0n) is 10.4. The zero-order chi connectivity index (χ0) is 13.2. The molecule has 1 aliphatic carbocycles. The predicted octanol–water partition coefficient (Wildman–Crippen LogP) is 1.48. The smallest absolute Gasteiger partial charge is 0.238 e. The molecule has 0 aromatic rings. The summed E-state index contributed by atoms with van der Waals surface area (Å²) in [6.07, 6.45) is 4.90. The van der Waals surface area contributed by atoms with E-state index < -0.39 is 15.1 Å². The van der Waals surface area contributed by atoms with Crippen molar-refractivity contribution in [1.82, 2.24) is 5.32 Å². The van der Waals surface area contributed by atoms with Gasteiger partial charge in [-0.1, -0.05) is 6.42 Å². The van der Waals surface area contributed by atoms with Crippen LogP contribution in [0.3, 0.4) is 0 Å². The summed E-state index contributed by atoms with van der Waals surface area (Å²) in [5.41, 5.74) is 0. The summed E-state index contributed by atoms with van der Waals surface area (Å²) in [6.45, 7) is 0.564. The largest absolute Gasteiger partial charge is 0.355 e. The van der Waals surface area contributed by atoms with E-state index in [9.17, 15) is 13.2 Å². The number of hydrogen-bond acceptors (Lipinski definition) is 3. The van der Waals surface area contributed by atoms with Crippen molar-refractivity contribution < 1.29 is 13.2 Å². The molecule has 0 aromatic carbocycles. The molecular weight excluding hydrogens is 274 g/mol. The molecule has 1 aliphatic heterocycles. The van der Waals surface area contributed by atoms with Gasteiger partial charge in [-0.05, 0) is 38.0 Å². The number of alkyl halides is 1. The van der Waals surface area contributed by atoms with Crippen LogP contribution in [-0.2, 0) is 14.6 Å². The van der Waals surface area contributed by atoms with Gasteiger partial charge in [0.15, 0.2) is 9.84 Å². The quantitative estimate of drug-likeness (QED) is 0.802. The van der Waals surface area contributed by atoms with Gasteiger partial charge in [0.2, 0.25) is 5.91 Å². The maximum absolute atomic E-state index is 11.9. The Bertz CT molecular complexity index is 410. The lowest BCUT2D eigenvalue weighted by Gasteiger charge is -2.22. The summed E-state index contributed by atoms with van der Waals surface area (Å²) < 4.78 is 23.6. The second kappa shape index (κ2) is 5.78. The molecule has 104 valence electrons. The van der Waals surface area contributed by atoms with Crippen molar-refractivity contribution in [3.8, 4) is 0 Å². The van der Waals surface area contributed by atoms with Gasteiger partial charge in [-0.2, -0.15) is 0 Å². The van der Waals surface area contributed by atoms with Crippen LogP contribution in [0.4, 0.5) is 0 Å². The van der Waals surface area contributed by atoms with Crippen LogP contribution in [-0.4, -0.2) is 37.2 Å². The first kappa shape index (κ1) is 14.1.